The van der Waals surface area contributed by atoms with Gasteiger partial charge in [-0.15, -0.1) is 0 Å². The molecule has 0 amide bonds. The summed E-state index contributed by atoms with van der Waals surface area (Å²) in [6.07, 6.45) is 2.63. The Morgan fingerprint density at radius 1 is 0.947 bits per heavy atom. The highest BCUT2D eigenvalue weighted by Crippen LogP contribution is 2.29. The van der Waals surface area contributed by atoms with Crippen molar-refractivity contribution in [3.8, 4) is 11.5 Å². The summed E-state index contributed by atoms with van der Waals surface area (Å²) in [6, 6.07) is 7.81. The number of hydrogen-bond donors (Lipinski definition) is 0. The largest absolute Gasteiger partial charge is 0.493 e. The Balaban J connectivity index is 1.66. The van der Waals surface area contributed by atoms with Crippen molar-refractivity contribution in [2.75, 3.05) is 19.8 Å². The summed E-state index contributed by atoms with van der Waals surface area (Å²) in [5.74, 6) is 2.56. The van der Waals surface area contributed by atoms with Gasteiger partial charge < -0.3 is 14.2 Å². The van der Waals surface area contributed by atoms with Crippen LogP contribution in [0.3, 0.4) is 0 Å². The normalized spacial score (nSPS) is 15.3. The molecular weight excluding hydrogens is 240 g/mol. The molecule has 106 valence electrons. The van der Waals surface area contributed by atoms with Gasteiger partial charge in [-0.25, -0.2) is 0 Å². The molecule has 0 radical (unpaired) electrons. The molecule has 0 aliphatic heterocycles. The molecule has 3 nitrogen and oxygen atoms in total. The maximum atomic E-state index is 5.67. The predicted molar refractivity (Wildman–Crippen MR) is 75.9 cm³/mol. The van der Waals surface area contributed by atoms with E-state index >= 15 is 0 Å². The average Bonchev–Trinajstić information content (AvgIpc) is 3.16. The van der Waals surface area contributed by atoms with E-state index in [-0.39, 0.29) is 5.60 Å². The van der Waals surface area contributed by atoms with Crippen LogP contribution in [0, 0.1) is 5.92 Å². The van der Waals surface area contributed by atoms with Crippen LogP contribution in [0.2, 0.25) is 0 Å². The van der Waals surface area contributed by atoms with Gasteiger partial charge in [0.2, 0.25) is 0 Å². The van der Waals surface area contributed by atoms with Gasteiger partial charge in [0.05, 0.1) is 18.8 Å². The Hall–Kier alpha value is -1.22. The minimum absolute atomic E-state index is 0.107. The van der Waals surface area contributed by atoms with E-state index in [0.29, 0.717) is 13.2 Å². The van der Waals surface area contributed by atoms with E-state index in [4.69, 9.17) is 14.2 Å². The first-order chi connectivity index (χ1) is 9.03. The number of benzene rings is 1. The summed E-state index contributed by atoms with van der Waals surface area (Å²) < 4.78 is 16.9. The van der Waals surface area contributed by atoms with E-state index in [1.165, 1.54) is 12.8 Å². The Labute approximate surface area is 115 Å². The smallest absolute Gasteiger partial charge is 0.119 e. The van der Waals surface area contributed by atoms with Crippen molar-refractivity contribution in [1.29, 1.82) is 0 Å². The van der Waals surface area contributed by atoms with Gasteiger partial charge in [0.15, 0.2) is 0 Å². The molecule has 0 bridgehead atoms. The molecule has 3 heteroatoms. The van der Waals surface area contributed by atoms with E-state index in [9.17, 15) is 0 Å². The third-order valence-corrected chi connectivity index (χ3v) is 2.89. The summed E-state index contributed by atoms with van der Waals surface area (Å²) in [7, 11) is 0. The quantitative estimate of drug-likeness (QED) is 0.703. The van der Waals surface area contributed by atoms with Crippen LogP contribution >= 0.6 is 0 Å². The van der Waals surface area contributed by atoms with E-state index in [1.807, 2.05) is 45.0 Å². The van der Waals surface area contributed by atoms with Crippen molar-refractivity contribution < 1.29 is 14.2 Å². The molecule has 1 aliphatic carbocycles. The molecule has 0 atom stereocenters. The zero-order valence-electron chi connectivity index (χ0n) is 12.1. The van der Waals surface area contributed by atoms with E-state index < -0.39 is 0 Å². The van der Waals surface area contributed by atoms with Crippen LogP contribution < -0.4 is 9.47 Å². The number of rotatable bonds is 7. The van der Waals surface area contributed by atoms with Gasteiger partial charge in [0, 0.05) is 0 Å². The third kappa shape index (κ3) is 5.97. The van der Waals surface area contributed by atoms with Crippen molar-refractivity contribution in [3.05, 3.63) is 24.3 Å². The van der Waals surface area contributed by atoms with Gasteiger partial charge in [-0.3, -0.25) is 0 Å². The number of hydrogen-bond acceptors (Lipinski definition) is 3. The lowest BCUT2D eigenvalue weighted by Gasteiger charge is -2.19. The van der Waals surface area contributed by atoms with Crippen molar-refractivity contribution >= 4 is 0 Å². The highest BCUT2D eigenvalue weighted by molar-refractivity contribution is 5.31. The average molecular weight is 264 g/mol. The van der Waals surface area contributed by atoms with Crippen molar-refractivity contribution in [1.82, 2.24) is 0 Å². The zero-order valence-corrected chi connectivity index (χ0v) is 12.1. The van der Waals surface area contributed by atoms with Crippen LogP contribution in [-0.4, -0.2) is 25.4 Å². The first-order valence-electron chi connectivity index (χ1n) is 7.02. The van der Waals surface area contributed by atoms with Crippen LogP contribution in [0.5, 0.6) is 11.5 Å². The highest BCUT2D eigenvalue weighted by atomic mass is 16.5. The van der Waals surface area contributed by atoms with E-state index in [0.717, 1.165) is 24.0 Å². The van der Waals surface area contributed by atoms with Gasteiger partial charge in [-0.2, -0.15) is 0 Å². The van der Waals surface area contributed by atoms with Gasteiger partial charge in [-0.1, -0.05) is 0 Å². The molecule has 1 aromatic rings. The summed E-state index contributed by atoms with van der Waals surface area (Å²) >= 11 is 0. The first-order valence-corrected chi connectivity index (χ1v) is 7.02. The fourth-order valence-corrected chi connectivity index (χ4v) is 1.64. The number of ether oxygens (including phenoxy) is 3. The molecule has 0 spiro atoms. The lowest BCUT2D eigenvalue weighted by Crippen LogP contribution is -2.22. The van der Waals surface area contributed by atoms with Gasteiger partial charge in [-0.05, 0) is 63.8 Å². The minimum atomic E-state index is -0.107. The molecule has 0 unspecified atom stereocenters. The summed E-state index contributed by atoms with van der Waals surface area (Å²) in [5, 5.41) is 0. The Morgan fingerprint density at radius 2 is 1.53 bits per heavy atom. The van der Waals surface area contributed by atoms with Crippen LogP contribution in [0.15, 0.2) is 24.3 Å². The van der Waals surface area contributed by atoms with Crippen molar-refractivity contribution in [2.45, 2.75) is 39.2 Å². The SMILES string of the molecule is CC(C)(C)OCCOc1ccc(OCC2CC2)cc1. The van der Waals surface area contributed by atoms with Gasteiger partial charge in [0.25, 0.3) is 0 Å². The molecule has 0 heterocycles. The van der Waals surface area contributed by atoms with Crippen LogP contribution in [0.4, 0.5) is 0 Å². The highest BCUT2D eigenvalue weighted by Gasteiger charge is 2.21. The Kier molecular flexibility index (Phi) is 4.70. The molecule has 0 N–H and O–H groups in total. The second-order valence-electron chi connectivity index (χ2n) is 6.04. The monoisotopic (exact) mass is 264 g/mol. The fraction of sp³-hybridized carbons (Fsp3) is 0.625. The fourth-order valence-electron chi connectivity index (χ4n) is 1.64. The second kappa shape index (κ2) is 6.29. The lowest BCUT2D eigenvalue weighted by molar-refractivity contribution is -0.0163. The van der Waals surface area contributed by atoms with E-state index in [2.05, 4.69) is 0 Å². The van der Waals surface area contributed by atoms with Crippen LogP contribution in [0.1, 0.15) is 33.6 Å². The topological polar surface area (TPSA) is 27.7 Å². The van der Waals surface area contributed by atoms with E-state index in [1.54, 1.807) is 0 Å². The molecule has 19 heavy (non-hydrogen) atoms. The summed E-state index contributed by atoms with van der Waals surface area (Å²) in [6.45, 7) is 8.14. The molecular formula is C16H24O3. The summed E-state index contributed by atoms with van der Waals surface area (Å²) in [5.41, 5.74) is -0.107. The second-order valence-corrected chi connectivity index (χ2v) is 6.04. The lowest BCUT2D eigenvalue weighted by atomic mass is 10.2. The van der Waals surface area contributed by atoms with Crippen LogP contribution in [0.25, 0.3) is 0 Å². The van der Waals surface area contributed by atoms with Gasteiger partial charge in [0.1, 0.15) is 18.1 Å². The third-order valence-electron chi connectivity index (χ3n) is 2.89. The van der Waals surface area contributed by atoms with Crippen LogP contribution in [-0.2, 0) is 4.74 Å². The van der Waals surface area contributed by atoms with Crippen molar-refractivity contribution in [2.24, 2.45) is 5.92 Å². The Morgan fingerprint density at radius 3 is 2.05 bits per heavy atom. The minimum Gasteiger partial charge on any atom is -0.493 e. The first kappa shape index (κ1) is 14.2. The zero-order chi connectivity index (χ0) is 13.7. The maximum Gasteiger partial charge on any atom is 0.119 e. The molecule has 1 saturated carbocycles. The van der Waals surface area contributed by atoms with Crippen molar-refractivity contribution in [3.63, 3.8) is 0 Å². The standard InChI is InChI=1S/C16H24O3/c1-16(2,3)19-11-10-17-14-6-8-15(9-7-14)18-12-13-4-5-13/h6-9,13H,4-5,10-12H2,1-3H3. The molecule has 2 rings (SSSR count). The molecule has 1 aromatic carbocycles. The molecule has 0 aromatic heterocycles. The maximum absolute atomic E-state index is 5.67. The molecule has 0 saturated heterocycles. The van der Waals surface area contributed by atoms with Gasteiger partial charge >= 0.3 is 0 Å². The summed E-state index contributed by atoms with van der Waals surface area (Å²) in [4.78, 5) is 0. The molecule has 1 fully saturated rings. The Bertz CT molecular complexity index is 374. The molecule has 1 aliphatic rings. The predicted octanol–water partition coefficient (Wildman–Crippen LogP) is 3.67.